The van der Waals surface area contributed by atoms with Gasteiger partial charge in [-0.15, -0.1) is 0 Å². The molecule has 0 aromatic rings. The third-order valence-corrected chi connectivity index (χ3v) is 7.19. The Labute approximate surface area is 190 Å². The lowest BCUT2D eigenvalue weighted by atomic mass is 9.95. The van der Waals surface area contributed by atoms with Gasteiger partial charge >= 0.3 is 0 Å². The lowest BCUT2D eigenvalue weighted by Crippen LogP contribution is -2.31. The Kier molecular flexibility index (Phi) is 17.3. The quantitative estimate of drug-likeness (QED) is 0.145. The molecule has 0 saturated heterocycles. The molecule has 0 aliphatic carbocycles. The standard InChI is InChI=1S/C25H49BrN2O/c1-3-4-5-6-7-8-9-10-11-12-13-14-15-16-17-18-19-23(2)24-22-28(20-21-29)25(26)27-24/h23-24,29H,3-22H2,1-2H3. The molecule has 0 fully saturated rings. The maximum atomic E-state index is 9.11. The number of aliphatic imine (C=N–C) groups is 1. The number of halogens is 1. The van der Waals surface area contributed by atoms with E-state index < -0.39 is 0 Å². The zero-order valence-corrected chi connectivity index (χ0v) is 21.1. The largest absolute Gasteiger partial charge is 0.395 e. The molecule has 0 aromatic heterocycles. The number of hydrogen-bond acceptors (Lipinski definition) is 3. The molecule has 2 atom stereocenters. The smallest absolute Gasteiger partial charge is 0.168 e. The van der Waals surface area contributed by atoms with Gasteiger partial charge in [-0.1, -0.05) is 117 Å². The summed E-state index contributed by atoms with van der Waals surface area (Å²) >= 11 is 3.53. The highest BCUT2D eigenvalue weighted by molar-refractivity contribution is 9.18. The summed E-state index contributed by atoms with van der Waals surface area (Å²) in [6.45, 7) is 6.47. The second kappa shape index (κ2) is 18.7. The van der Waals surface area contributed by atoms with Gasteiger partial charge in [-0.2, -0.15) is 0 Å². The summed E-state index contributed by atoms with van der Waals surface area (Å²) in [5, 5.41) is 9.11. The third kappa shape index (κ3) is 13.8. The van der Waals surface area contributed by atoms with Gasteiger partial charge in [0.2, 0.25) is 0 Å². The normalized spacial score (nSPS) is 17.7. The zero-order valence-electron chi connectivity index (χ0n) is 19.5. The number of rotatable bonds is 20. The highest BCUT2D eigenvalue weighted by Crippen LogP contribution is 2.23. The first-order valence-corrected chi connectivity index (χ1v) is 13.6. The lowest BCUT2D eigenvalue weighted by molar-refractivity contribution is 0.247. The zero-order chi connectivity index (χ0) is 21.2. The Morgan fingerprint density at radius 2 is 1.31 bits per heavy atom. The van der Waals surface area contributed by atoms with Gasteiger partial charge in [0.1, 0.15) is 0 Å². The molecule has 1 aliphatic rings. The number of hydrogen-bond donors (Lipinski definition) is 1. The summed E-state index contributed by atoms with van der Waals surface area (Å²) < 4.78 is 0.926. The van der Waals surface area contributed by atoms with Crippen molar-refractivity contribution in [1.82, 2.24) is 4.90 Å². The third-order valence-electron chi connectivity index (χ3n) is 6.48. The fourth-order valence-electron chi connectivity index (χ4n) is 4.38. The maximum Gasteiger partial charge on any atom is 0.168 e. The summed E-state index contributed by atoms with van der Waals surface area (Å²) in [6.07, 6.45) is 24.1. The van der Waals surface area contributed by atoms with Gasteiger partial charge in [-0.05, 0) is 28.3 Å². The van der Waals surface area contributed by atoms with Gasteiger partial charge in [0, 0.05) is 13.1 Å². The number of amidine groups is 1. The average molecular weight is 474 g/mol. The van der Waals surface area contributed by atoms with Gasteiger partial charge in [0.25, 0.3) is 0 Å². The molecule has 4 heteroatoms. The second-order valence-electron chi connectivity index (χ2n) is 9.20. The van der Waals surface area contributed by atoms with Crippen LogP contribution in [0.2, 0.25) is 0 Å². The van der Waals surface area contributed by atoms with E-state index in [9.17, 15) is 0 Å². The molecular formula is C25H49BrN2O. The van der Waals surface area contributed by atoms with Crippen LogP contribution in [0.4, 0.5) is 0 Å². The molecule has 172 valence electrons. The topological polar surface area (TPSA) is 35.8 Å². The lowest BCUT2D eigenvalue weighted by Gasteiger charge is -2.20. The number of nitrogens with zero attached hydrogens (tertiary/aromatic N) is 2. The van der Waals surface area contributed by atoms with Gasteiger partial charge in [0.15, 0.2) is 4.74 Å². The van der Waals surface area contributed by atoms with Crippen molar-refractivity contribution in [1.29, 1.82) is 0 Å². The average Bonchev–Trinajstić information content (AvgIpc) is 3.08. The number of β-amino-alcohol motifs (C(OH)–C–C–N with tert-alkyl or cyclic N) is 1. The maximum absolute atomic E-state index is 9.11. The van der Waals surface area contributed by atoms with Crippen molar-refractivity contribution < 1.29 is 5.11 Å². The van der Waals surface area contributed by atoms with Gasteiger partial charge in [-0.3, -0.25) is 4.99 Å². The first kappa shape index (κ1) is 26.9. The van der Waals surface area contributed by atoms with Crippen molar-refractivity contribution in [3.05, 3.63) is 0 Å². The highest BCUT2D eigenvalue weighted by Gasteiger charge is 2.26. The summed E-state index contributed by atoms with van der Waals surface area (Å²) in [5.74, 6) is 0.637. The van der Waals surface area contributed by atoms with E-state index in [1.165, 1.54) is 109 Å². The van der Waals surface area contributed by atoms with Crippen LogP contribution < -0.4 is 0 Å². The van der Waals surface area contributed by atoms with E-state index in [2.05, 4.69) is 34.7 Å². The van der Waals surface area contributed by atoms with E-state index in [4.69, 9.17) is 10.1 Å². The Morgan fingerprint density at radius 1 is 0.862 bits per heavy atom. The minimum atomic E-state index is 0.199. The van der Waals surface area contributed by atoms with Crippen molar-refractivity contribution >= 4 is 20.7 Å². The molecule has 2 unspecified atom stereocenters. The minimum absolute atomic E-state index is 0.199. The second-order valence-corrected chi connectivity index (χ2v) is 9.91. The van der Waals surface area contributed by atoms with Crippen LogP contribution in [0.5, 0.6) is 0 Å². The van der Waals surface area contributed by atoms with E-state index >= 15 is 0 Å². The van der Waals surface area contributed by atoms with Crippen LogP contribution in [0, 0.1) is 5.92 Å². The SMILES string of the molecule is CCCCCCCCCCCCCCCCCCC(C)C1CN(CCO)C(Br)=N1. The molecule has 0 aromatic carbocycles. The first-order chi connectivity index (χ1) is 14.2. The van der Waals surface area contributed by atoms with E-state index in [-0.39, 0.29) is 6.61 Å². The molecule has 0 bridgehead atoms. The molecule has 29 heavy (non-hydrogen) atoms. The Balaban J connectivity index is 1.82. The van der Waals surface area contributed by atoms with Crippen LogP contribution >= 0.6 is 15.9 Å². The number of unbranched alkanes of at least 4 members (excludes halogenated alkanes) is 15. The van der Waals surface area contributed by atoms with Gasteiger partial charge < -0.3 is 10.0 Å². The first-order valence-electron chi connectivity index (χ1n) is 12.8. The van der Waals surface area contributed by atoms with Crippen LogP contribution in [-0.2, 0) is 0 Å². The van der Waals surface area contributed by atoms with Crippen LogP contribution in [-0.4, -0.2) is 40.5 Å². The molecule has 1 rings (SSSR count). The Bertz CT molecular complexity index is 402. The predicted octanol–water partition coefficient (Wildman–Crippen LogP) is 7.70. The van der Waals surface area contributed by atoms with Crippen molar-refractivity contribution in [2.75, 3.05) is 19.7 Å². The monoisotopic (exact) mass is 472 g/mol. The molecule has 0 spiro atoms. The highest BCUT2D eigenvalue weighted by atomic mass is 79.9. The summed E-state index contributed by atoms with van der Waals surface area (Å²) in [6, 6.07) is 0.396. The minimum Gasteiger partial charge on any atom is -0.395 e. The molecule has 0 radical (unpaired) electrons. The van der Waals surface area contributed by atoms with E-state index in [1.54, 1.807) is 0 Å². The van der Waals surface area contributed by atoms with Crippen molar-refractivity contribution in [2.24, 2.45) is 10.9 Å². The molecular weight excluding hydrogens is 424 g/mol. The van der Waals surface area contributed by atoms with E-state index in [1.807, 2.05) is 0 Å². The van der Waals surface area contributed by atoms with Gasteiger partial charge in [-0.25, -0.2) is 0 Å². The molecule has 1 N–H and O–H groups in total. The van der Waals surface area contributed by atoms with Crippen molar-refractivity contribution in [3.8, 4) is 0 Å². The summed E-state index contributed by atoms with van der Waals surface area (Å²) in [4.78, 5) is 6.88. The van der Waals surface area contributed by atoms with Crippen LogP contribution in [0.15, 0.2) is 4.99 Å². The predicted molar refractivity (Wildman–Crippen MR) is 132 cm³/mol. The number of aliphatic hydroxyl groups is 1. The molecule has 0 saturated carbocycles. The number of aliphatic hydroxyl groups excluding tert-OH is 1. The van der Waals surface area contributed by atoms with E-state index in [0.717, 1.165) is 11.3 Å². The summed E-state index contributed by atoms with van der Waals surface area (Å²) in [5.41, 5.74) is 0. The molecule has 1 heterocycles. The van der Waals surface area contributed by atoms with Crippen LogP contribution in [0.25, 0.3) is 0 Å². The fraction of sp³-hybridized carbons (Fsp3) is 0.960. The van der Waals surface area contributed by atoms with Crippen LogP contribution in [0.1, 0.15) is 123 Å². The van der Waals surface area contributed by atoms with E-state index in [0.29, 0.717) is 18.5 Å². The molecule has 1 aliphatic heterocycles. The van der Waals surface area contributed by atoms with Crippen molar-refractivity contribution in [3.63, 3.8) is 0 Å². The van der Waals surface area contributed by atoms with Crippen molar-refractivity contribution in [2.45, 2.75) is 129 Å². The molecule has 3 nitrogen and oxygen atoms in total. The Morgan fingerprint density at radius 3 is 1.76 bits per heavy atom. The fourth-order valence-corrected chi connectivity index (χ4v) is 4.96. The van der Waals surface area contributed by atoms with Crippen LogP contribution in [0.3, 0.4) is 0 Å². The van der Waals surface area contributed by atoms with Gasteiger partial charge in [0.05, 0.1) is 12.6 Å². The Hall–Kier alpha value is -0.0900. The summed E-state index contributed by atoms with van der Waals surface area (Å²) in [7, 11) is 0. The molecule has 0 amide bonds.